The molecule has 1 saturated heterocycles. The van der Waals surface area contributed by atoms with Crippen LogP contribution in [0.25, 0.3) is 0 Å². The monoisotopic (exact) mass is 145 g/mol. The zero-order valence-electron chi connectivity index (χ0n) is 6.43. The summed E-state index contributed by atoms with van der Waals surface area (Å²) in [6, 6.07) is 0. The molecule has 0 aromatic heterocycles. The topological polar surface area (TPSA) is 44.5 Å². The van der Waals surface area contributed by atoms with Crippen molar-refractivity contribution < 1.29 is 9.47 Å². The number of nitrogens with two attached hydrogens (primary N) is 1. The molecule has 0 amide bonds. The standard InChI is InChI=1S/C7H15NO2/c1-2-3-7(6-8)9-4-5-10-7/h2-6,8H2,1H3. The third-order valence-electron chi connectivity index (χ3n) is 1.76. The first kappa shape index (κ1) is 7.98. The van der Waals surface area contributed by atoms with Gasteiger partial charge in [0.15, 0.2) is 5.79 Å². The van der Waals surface area contributed by atoms with Crippen molar-refractivity contribution >= 4 is 0 Å². The molecule has 2 N–H and O–H groups in total. The van der Waals surface area contributed by atoms with Crippen LogP contribution in [0.15, 0.2) is 0 Å². The predicted molar refractivity (Wildman–Crippen MR) is 38.6 cm³/mol. The van der Waals surface area contributed by atoms with E-state index in [-0.39, 0.29) is 0 Å². The van der Waals surface area contributed by atoms with Crippen molar-refractivity contribution in [1.29, 1.82) is 0 Å². The van der Waals surface area contributed by atoms with Gasteiger partial charge in [0.05, 0.1) is 13.2 Å². The Labute approximate surface area is 61.5 Å². The molecule has 0 aromatic carbocycles. The summed E-state index contributed by atoms with van der Waals surface area (Å²) in [6.45, 7) is 3.96. The molecular formula is C7H15NO2. The van der Waals surface area contributed by atoms with Gasteiger partial charge in [-0.1, -0.05) is 13.3 Å². The largest absolute Gasteiger partial charge is 0.346 e. The van der Waals surface area contributed by atoms with Gasteiger partial charge in [-0.2, -0.15) is 0 Å². The van der Waals surface area contributed by atoms with E-state index in [1.807, 2.05) is 0 Å². The lowest BCUT2D eigenvalue weighted by atomic mass is 10.1. The van der Waals surface area contributed by atoms with Gasteiger partial charge in [-0.15, -0.1) is 0 Å². The van der Waals surface area contributed by atoms with Gasteiger partial charge in [0.25, 0.3) is 0 Å². The maximum absolute atomic E-state index is 5.50. The molecule has 0 saturated carbocycles. The SMILES string of the molecule is CCCC1(CN)OCCO1. The lowest BCUT2D eigenvalue weighted by Gasteiger charge is -2.24. The van der Waals surface area contributed by atoms with Gasteiger partial charge in [-0.3, -0.25) is 0 Å². The summed E-state index contributed by atoms with van der Waals surface area (Å²) in [5, 5.41) is 0. The highest BCUT2D eigenvalue weighted by Crippen LogP contribution is 2.22. The fraction of sp³-hybridized carbons (Fsp3) is 1.00. The van der Waals surface area contributed by atoms with Crippen LogP contribution < -0.4 is 5.73 Å². The zero-order valence-corrected chi connectivity index (χ0v) is 6.43. The van der Waals surface area contributed by atoms with E-state index in [1.54, 1.807) is 0 Å². The first-order valence-corrected chi connectivity index (χ1v) is 3.81. The maximum atomic E-state index is 5.50. The van der Waals surface area contributed by atoms with Crippen molar-refractivity contribution in [3.05, 3.63) is 0 Å². The lowest BCUT2D eigenvalue weighted by molar-refractivity contribution is -0.153. The van der Waals surface area contributed by atoms with Crippen LogP contribution in [0.3, 0.4) is 0 Å². The predicted octanol–water partition coefficient (Wildman–Crippen LogP) is 0.488. The van der Waals surface area contributed by atoms with Crippen molar-refractivity contribution in [3.63, 3.8) is 0 Å². The molecule has 3 heteroatoms. The fourth-order valence-electron chi connectivity index (χ4n) is 1.24. The smallest absolute Gasteiger partial charge is 0.180 e. The first-order valence-electron chi connectivity index (χ1n) is 3.81. The molecule has 0 unspecified atom stereocenters. The van der Waals surface area contributed by atoms with E-state index < -0.39 is 5.79 Å². The first-order chi connectivity index (χ1) is 4.83. The molecule has 0 radical (unpaired) electrons. The Bertz CT molecular complexity index is 99.8. The van der Waals surface area contributed by atoms with Crippen LogP contribution in [0, 0.1) is 0 Å². The lowest BCUT2D eigenvalue weighted by Crippen LogP contribution is -2.38. The average Bonchev–Trinajstić information content (AvgIpc) is 2.39. The minimum atomic E-state index is -0.436. The van der Waals surface area contributed by atoms with E-state index >= 15 is 0 Å². The molecule has 1 aliphatic heterocycles. The van der Waals surface area contributed by atoms with Gasteiger partial charge < -0.3 is 15.2 Å². The van der Waals surface area contributed by atoms with Gasteiger partial charge in [0, 0.05) is 13.0 Å². The molecule has 0 atom stereocenters. The van der Waals surface area contributed by atoms with Gasteiger partial charge >= 0.3 is 0 Å². The van der Waals surface area contributed by atoms with Crippen LogP contribution in [0.2, 0.25) is 0 Å². The molecule has 0 aromatic rings. The summed E-state index contributed by atoms with van der Waals surface area (Å²) >= 11 is 0. The van der Waals surface area contributed by atoms with E-state index in [9.17, 15) is 0 Å². The van der Waals surface area contributed by atoms with E-state index in [0.29, 0.717) is 19.8 Å². The van der Waals surface area contributed by atoms with E-state index in [4.69, 9.17) is 15.2 Å². The minimum absolute atomic E-state index is 0.436. The molecule has 10 heavy (non-hydrogen) atoms. The van der Waals surface area contributed by atoms with Gasteiger partial charge in [0.2, 0.25) is 0 Å². The highest BCUT2D eigenvalue weighted by Gasteiger charge is 2.33. The normalized spacial score (nSPS) is 23.4. The van der Waals surface area contributed by atoms with E-state index in [0.717, 1.165) is 12.8 Å². The number of hydrogen-bond donors (Lipinski definition) is 1. The minimum Gasteiger partial charge on any atom is -0.346 e. The Hall–Kier alpha value is -0.120. The second-order valence-electron chi connectivity index (χ2n) is 2.56. The Morgan fingerprint density at radius 1 is 1.40 bits per heavy atom. The summed E-state index contributed by atoms with van der Waals surface area (Å²) < 4.78 is 10.8. The second kappa shape index (κ2) is 3.32. The molecule has 0 bridgehead atoms. The summed E-state index contributed by atoms with van der Waals surface area (Å²) in [7, 11) is 0. The van der Waals surface area contributed by atoms with Crippen molar-refractivity contribution in [2.75, 3.05) is 19.8 Å². The summed E-state index contributed by atoms with van der Waals surface area (Å²) in [6.07, 6.45) is 1.96. The highest BCUT2D eigenvalue weighted by atomic mass is 16.7. The Morgan fingerprint density at radius 3 is 2.40 bits per heavy atom. The third-order valence-corrected chi connectivity index (χ3v) is 1.76. The molecule has 1 fully saturated rings. The van der Waals surface area contributed by atoms with Crippen LogP contribution in [-0.4, -0.2) is 25.5 Å². The molecule has 3 nitrogen and oxygen atoms in total. The van der Waals surface area contributed by atoms with E-state index in [1.165, 1.54) is 0 Å². The number of hydrogen-bond acceptors (Lipinski definition) is 3. The Balaban J connectivity index is 2.41. The van der Waals surface area contributed by atoms with Crippen molar-refractivity contribution in [2.24, 2.45) is 5.73 Å². The third kappa shape index (κ3) is 1.48. The Morgan fingerprint density at radius 2 is 2.00 bits per heavy atom. The van der Waals surface area contributed by atoms with Crippen molar-refractivity contribution in [1.82, 2.24) is 0 Å². The molecule has 1 aliphatic rings. The van der Waals surface area contributed by atoms with Gasteiger partial charge in [-0.25, -0.2) is 0 Å². The second-order valence-corrected chi connectivity index (χ2v) is 2.56. The molecule has 1 heterocycles. The summed E-state index contributed by atoms with van der Waals surface area (Å²) in [5.74, 6) is -0.436. The average molecular weight is 145 g/mol. The van der Waals surface area contributed by atoms with Crippen molar-refractivity contribution in [2.45, 2.75) is 25.6 Å². The number of ether oxygens (including phenoxy) is 2. The van der Waals surface area contributed by atoms with Crippen LogP contribution in [-0.2, 0) is 9.47 Å². The molecule has 0 spiro atoms. The molecule has 0 aliphatic carbocycles. The quantitative estimate of drug-likeness (QED) is 0.628. The van der Waals surface area contributed by atoms with Gasteiger partial charge in [0.1, 0.15) is 0 Å². The van der Waals surface area contributed by atoms with Gasteiger partial charge in [-0.05, 0) is 0 Å². The van der Waals surface area contributed by atoms with Crippen LogP contribution in [0.5, 0.6) is 0 Å². The van der Waals surface area contributed by atoms with Crippen molar-refractivity contribution in [3.8, 4) is 0 Å². The van der Waals surface area contributed by atoms with E-state index in [2.05, 4.69) is 6.92 Å². The van der Waals surface area contributed by atoms with Crippen LogP contribution in [0.4, 0.5) is 0 Å². The summed E-state index contributed by atoms with van der Waals surface area (Å²) in [5.41, 5.74) is 5.50. The zero-order chi connectivity index (χ0) is 7.45. The molecule has 1 rings (SSSR count). The fourth-order valence-corrected chi connectivity index (χ4v) is 1.24. The van der Waals surface area contributed by atoms with Crippen LogP contribution in [0.1, 0.15) is 19.8 Å². The maximum Gasteiger partial charge on any atom is 0.180 e. The molecular weight excluding hydrogens is 130 g/mol. The molecule has 60 valence electrons. The Kier molecular flexibility index (Phi) is 2.65. The highest BCUT2D eigenvalue weighted by molar-refractivity contribution is 4.74. The summed E-state index contributed by atoms with van der Waals surface area (Å²) in [4.78, 5) is 0. The number of rotatable bonds is 3. The van der Waals surface area contributed by atoms with Crippen LogP contribution >= 0.6 is 0 Å².